The molecule has 2 fully saturated rings. The molecule has 2 aliphatic rings. The Balaban J connectivity index is 1.91. The van der Waals surface area contributed by atoms with Crippen molar-refractivity contribution in [2.75, 3.05) is 7.05 Å². The van der Waals surface area contributed by atoms with E-state index in [-0.39, 0.29) is 0 Å². The van der Waals surface area contributed by atoms with Gasteiger partial charge in [0.05, 0.1) is 0 Å². The van der Waals surface area contributed by atoms with E-state index in [9.17, 15) is 0 Å². The molecule has 0 radical (unpaired) electrons. The molecule has 4 rings (SSSR count). The van der Waals surface area contributed by atoms with Crippen LogP contribution in [0.3, 0.4) is 0 Å². The maximum absolute atomic E-state index is 4.71. The molecule has 3 atom stereocenters. The summed E-state index contributed by atoms with van der Waals surface area (Å²) < 4.78 is 1.42. The molecule has 0 spiro atoms. The number of aliphatic imine (C=N–C) groups is 1. The van der Waals surface area contributed by atoms with Crippen molar-refractivity contribution in [1.29, 1.82) is 0 Å². The molecule has 0 aliphatic heterocycles. The van der Waals surface area contributed by atoms with Crippen LogP contribution in [0.15, 0.2) is 34.6 Å². The Kier molecular flexibility index (Phi) is 2.41. The molecule has 19 heavy (non-hydrogen) atoms. The van der Waals surface area contributed by atoms with Crippen molar-refractivity contribution in [3.8, 4) is 0 Å². The van der Waals surface area contributed by atoms with Gasteiger partial charge in [-0.25, -0.2) is 0 Å². The van der Waals surface area contributed by atoms with Crippen LogP contribution in [0.4, 0.5) is 0 Å². The van der Waals surface area contributed by atoms with Crippen molar-refractivity contribution in [2.24, 2.45) is 16.3 Å². The summed E-state index contributed by atoms with van der Waals surface area (Å²) in [6.45, 7) is 2.42. The molecule has 3 unspecified atom stereocenters. The number of nitrogens with zero attached hydrogens (tertiary/aromatic N) is 1. The van der Waals surface area contributed by atoms with Crippen molar-refractivity contribution in [3.63, 3.8) is 0 Å². The molecule has 1 heterocycles. The summed E-state index contributed by atoms with van der Waals surface area (Å²) in [5.74, 6) is 1.39. The summed E-state index contributed by atoms with van der Waals surface area (Å²) in [7, 11) is 1.99. The largest absolute Gasteiger partial charge is 0.296 e. The molecular formula is C17H19NS. The number of fused-ring (bicyclic) bond motifs is 3. The summed E-state index contributed by atoms with van der Waals surface area (Å²) in [5.41, 5.74) is 3.36. The van der Waals surface area contributed by atoms with Gasteiger partial charge in [-0.2, -0.15) is 0 Å². The molecule has 98 valence electrons. The molecule has 1 nitrogen and oxygen atoms in total. The fourth-order valence-electron chi connectivity index (χ4n) is 4.50. The van der Waals surface area contributed by atoms with Crippen LogP contribution in [-0.2, 0) is 0 Å². The zero-order chi connectivity index (χ0) is 13.0. The highest BCUT2D eigenvalue weighted by Crippen LogP contribution is 2.59. The lowest BCUT2D eigenvalue weighted by molar-refractivity contribution is 0.497. The maximum atomic E-state index is 4.71. The van der Waals surface area contributed by atoms with Crippen LogP contribution >= 0.6 is 11.3 Å². The molecule has 2 aliphatic carbocycles. The number of hydrogen-bond acceptors (Lipinski definition) is 2. The Bertz CT molecular complexity index is 669. The van der Waals surface area contributed by atoms with Crippen LogP contribution < -0.4 is 0 Å². The molecule has 2 heteroatoms. The average molecular weight is 269 g/mol. The molecule has 2 bridgehead atoms. The van der Waals surface area contributed by atoms with Crippen molar-refractivity contribution < 1.29 is 0 Å². The molecule has 0 saturated heterocycles. The second kappa shape index (κ2) is 3.92. The highest BCUT2D eigenvalue weighted by Gasteiger charge is 2.53. The van der Waals surface area contributed by atoms with E-state index in [4.69, 9.17) is 4.99 Å². The van der Waals surface area contributed by atoms with Gasteiger partial charge in [0.2, 0.25) is 0 Å². The Morgan fingerprint density at radius 3 is 3.05 bits per heavy atom. The minimum Gasteiger partial charge on any atom is -0.296 e. The van der Waals surface area contributed by atoms with Gasteiger partial charge in [-0.05, 0) is 53.6 Å². The van der Waals surface area contributed by atoms with Gasteiger partial charge in [0.1, 0.15) is 0 Å². The fraction of sp³-hybridized carbons (Fsp3) is 0.471. The summed E-state index contributed by atoms with van der Waals surface area (Å²) in [6, 6.07) is 9.07. The van der Waals surface area contributed by atoms with Crippen LogP contribution in [0.5, 0.6) is 0 Å². The zero-order valence-electron chi connectivity index (χ0n) is 11.5. The maximum Gasteiger partial charge on any atom is 0.0345 e. The Morgan fingerprint density at radius 1 is 1.32 bits per heavy atom. The number of thiophene rings is 1. The molecule has 1 aromatic heterocycles. The van der Waals surface area contributed by atoms with Crippen molar-refractivity contribution in [2.45, 2.75) is 32.1 Å². The van der Waals surface area contributed by atoms with Gasteiger partial charge < -0.3 is 0 Å². The molecule has 0 amide bonds. The van der Waals surface area contributed by atoms with Gasteiger partial charge in [0, 0.05) is 28.8 Å². The Labute approximate surface area is 118 Å². The van der Waals surface area contributed by atoms with Gasteiger partial charge in [-0.15, -0.1) is 11.3 Å². The Morgan fingerprint density at radius 2 is 2.21 bits per heavy atom. The number of hydrogen-bond donors (Lipinski definition) is 0. The number of benzene rings is 1. The molecule has 1 aromatic carbocycles. The van der Waals surface area contributed by atoms with Gasteiger partial charge in [0.15, 0.2) is 0 Å². The highest BCUT2D eigenvalue weighted by molar-refractivity contribution is 7.17. The second-order valence-corrected chi connectivity index (χ2v) is 7.28. The van der Waals surface area contributed by atoms with Crippen LogP contribution in [0.2, 0.25) is 0 Å². The fourth-order valence-corrected chi connectivity index (χ4v) is 5.32. The quantitative estimate of drug-likeness (QED) is 0.700. The minimum absolute atomic E-state index is 0.377. The van der Waals surface area contributed by atoms with E-state index in [1.165, 1.54) is 40.6 Å². The van der Waals surface area contributed by atoms with E-state index in [1.54, 1.807) is 0 Å². The highest BCUT2D eigenvalue weighted by atomic mass is 32.1. The van der Waals surface area contributed by atoms with E-state index in [2.05, 4.69) is 36.6 Å². The molecule has 2 saturated carbocycles. The van der Waals surface area contributed by atoms with Crippen molar-refractivity contribution in [1.82, 2.24) is 0 Å². The van der Waals surface area contributed by atoms with Crippen molar-refractivity contribution >= 4 is 27.1 Å². The lowest BCUT2D eigenvalue weighted by Gasteiger charge is -2.30. The lowest BCUT2D eigenvalue weighted by atomic mass is 9.76. The first-order chi connectivity index (χ1) is 9.23. The van der Waals surface area contributed by atoms with Crippen LogP contribution in [-0.4, -0.2) is 12.8 Å². The van der Waals surface area contributed by atoms with E-state index in [0.29, 0.717) is 11.3 Å². The van der Waals surface area contributed by atoms with Gasteiger partial charge >= 0.3 is 0 Å². The lowest BCUT2D eigenvalue weighted by Crippen LogP contribution is -2.27. The van der Waals surface area contributed by atoms with Crippen molar-refractivity contribution in [3.05, 3.63) is 35.2 Å². The SMILES string of the molecule is CN=C1C(c2cccc3sccc23)C2CCC1(C)C2. The van der Waals surface area contributed by atoms with E-state index >= 15 is 0 Å². The normalized spacial score (nSPS) is 35.6. The van der Waals surface area contributed by atoms with E-state index < -0.39 is 0 Å². The predicted octanol–water partition coefficient (Wildman–Crippen LogP) is 4.88. The molecular weight excluding hydrogens is 250 g/mol. The first-order valence-corrected chi connectivity index (χ1v) is 8.04. The summed E-state index contributed by atoms with van der Waals surface area (Å²) in [6.07, 6.45) is 4.05. The first kappa shape index (κ1) is 11.7. The van der Waals surface area contributed by atoms with Crippen LogP contribution in [0.1, 0.15) is 37.7 Å². The summed E-state index contributed by atoms with van der Waals surface area (Å²) in [4.78, 5) is 4.71. The standard InChI is InChI=1S/C17H19NS/c1-17-8-6-11(10-17)15(16(17)18-2)13-4-3-5-14-12(13)7-9-19-14/h3-5,7,9,11,15H,6,8,10H2,1-2H3. The van der Waals surface area contributed by atoms with Gasteiger partial charge in [-0.1, -0.05) is 19.1 Å². The average Bonchev–Trinajstić information content (AvgIpc) is 3.08. The topological polar surface area (TPSA) is 12.4 Å². The predicted molar refractivity (Wildman–Crippen MR) is 83.4 cm³/mol. The Hall–Kier alpha value is -1.15. The van der Waals surface area contributed by atoms with Gasteiger partial charge in [0.25, 0.3) is 0 Å². The first-order valence-electron chi connectivity index (χ1n) is 7.16. The van der Waals surface area contributed by atoms with Crippen LogP contribution in [0, 0.1) is 11.3 Å². The molecule has 2 aromatic rings. The van der Waals surface area contributed by atoms with Crippen LogP contribution in [0.25, 0.3) is 10.1 Å². The van der Waals surface area contributed by atoms with E-state index in [1.807, 2.05) is 18.4 Å². The number of rotatable bonds is 1. The molecule has 0 N–H and O–H groups in total. The second-order valence-electron chi connectivity index (χ2n) is 6.33. The third-order valence-electron chi connectivity index (χ3n) is 5.27. The summed E-state index contributed by atoms with van der Waals surface area (Å²) >= 11 is 1.85. The van der Waals surface area contributed by atoms with E-state index in [0.717, 1.165) is 5.92 Å². The monoisotopic (exact) mass is 269 g/mol. The smallest absolute Gasteiger partial charge is 0.0345 e. The minimum atomic E-state index is 0.377. The van der Waals surface area contributed by atoms with Gasteiger partial charge in [-0.3, -0.25) is 4.99 Å². The third-order valence-corrected chi connectivity index (χ3v) is 6.15. The zero-order valence-corrected chi connectivity index (χ0v) is 12.3. The third kappa shape index (κ3) is 1.50. The summed E-state index contributed by atoms with van der Waals surface area (Å²) in [5, 5.41) is 3.67.